The summed E-state index contributed by atoms with van der Waals surface area (Å²) in [5.41, 5.74) is -1.73. The Bertz CT molecular complexity index is 1260. The summed E-state index contributed by atoms with van der Waals surface area (Å²) in [5, 5.41) is 38.5. The van der Waals surface area contributed by atoms with Gasteiger partial charge in [-0.3, -0.25) is 9.35 Å². The van der Waals surface area contributed by atoms with Crippen molar-refractivity contribution in [3.63, 3.8) is 0 Å². The summed E-state index contributed by atoms with van der Waals surface area (Å²) in [5.74, 6) is -4.67. The summed E-state index contributed by atoms with van der Waals surface area (Å²) < 4.78 is 45.9. The summed E-state index contributed by atoms with van der Waals surface area (Å²) in [6.45, 7) is 0. The number of fused-ring (bicyclic) bond motifs is 1. The zero-order valence-electron chi connectivity index (χ0n) is 13.9. The molecule has 3 aromatic rings. The maximum Gasteiger partial charge on any atom is 0.446 e. The number of hydrogen-bond donors (Lipinski definition) is 5. The number of methoxy groups -OCH3 is 1. The van der Waals surface area contributed by atoms with Crippen molar-refractivity contribution in [1.82, 2.24) is 0 Å². The zero-order valence-corrected chi connectivity index (χ0v) is 14.7. The van der Waals surface area contributed by atoms with Crippen LogP contribution in [0.4, 0.5) is 0 Å². The van der Waals surface area contributed by atoms with E-state index in [2.05, 4.69) is 4.18 Å². The topological polar surface area (TPSA) is 184 Å². The van der Waals surface area contributed by atoms with E-state index in [1.165, 1.54) is 0 Å². The molecule has 11 nitrogen and oxygen atoms in total. The first kappa shape index (κ1) is 19.1. The molecule has 2 aromatic carbocycles. The molecule has 0 fully saturated rings. The lowest BCUT2D eigenvalue weighted by molar-refractivity contribution is 0.345. The zero-order chi connectivity index (χ0) is 20.8. The van der Waals surface area contributed by atoms with Crippen molar-refractivity contribution in [2.45, 2.75) is 0 Å². The molecule has 1 aromatic heterocycles. The highest BCUT2D eigenvalue weighted by Crippen LogP contribution is 2.44. The molecule has 0 spiro atoms. The van der Waals surface area contributed by atoms with Crippen molar-refractivity contribution >= 4 is 21.4 Å². The lowest BCUT2D eigenvalue weighted by Gasteiger charge is -2.12. The Kier molecular flexibility index (Phi) is 4.45. The summed E-state index contributed by atoms with van der Waals surface area (Å²) >= 11 is 0. The SMILES string of the molecule is COc1c(O)cc2oc(-c3ccc(O)c(O)c3)c(OS(=O)(=O)O)c(=O)c2c1O. The Morgan fingerprint density at radius 1 is 0.964 bits per heavy atom. The van der Waals surface area contributed by atoms with Gasteiger partial charge in [0.05, 0.1) is 7.11 Å². The third kappa shape index (κ3) is 3.21. The van der Waals surface area contributed by atoms with E-state index in [1.807, 2.05) is 0 Å². The van der Waals surface area contributed by atoms with E-state index in [9.17, 15) is 33.6 Å². The van der Waals surface area contributed by atoms with Crippen LogP contribution in [0.15, 0.2) is 33.5 Å². The van der Waals surface area contributed by atoms with Gasteiger partial charge in [0.1, 0.15) is 11.0 Å². The predicted molar refractivity (Wildman–Crippen MR) is 93.3 cm³/mol. The van der Waals surface area contributed by atoms with Crippen molar-refractivity contribution in [3.8, 4) is 45.8 Å². The van der Waals surface area contributed by atoms with E-state index in [0.717, 1.165) is 31.4 Å². The van der Waals surface area contributed by atoms with Crippen LogP contribution < -0.4 is 14.3 Å². The highest BCUT2D eigenvalue weighted by molar-refractivity contribution is 7.81. The molecule has 0 unspecified atom stereocenters. The van der Waals surface area contributed by atoms with Crippen molar-refractivity contribution in [1.29, 1.82) is 0 Å². The first-order valence-corrected chi connectivity index (χ1v) is 8.69. The minimum atomic E-state index is -5.19. The molecule has 0 atom stereocenters. The first-order valence-electron chi connectivity index (χ1n) is 7.32. The average molecular weight is 412 g/mol. The monoisotopic (exact) mass is 412 g/mol. The molecule has 0 aliphatic rings. The van der Waals surface area contributed by atoms with Crippen LogP contribution >= 0.6 is 0 Å². The van der Waals surface area contributed by atoms with E-state index in [1.54, 1.807) is 0 Å². The fourth-order valence-corrected chi connectivity index (χ4v) is 2.89. The number of aromatic hydroxyl groups is 4. The van der Waals surface area contributed by atoms with E-state index in [-0.39, 0.29) is 11.1 Å². The van der Waals surface area contributed by atoms with E-state index in [0.29, 0.717) is 0 Å². The number of phenolic OH excluding ortho intramolecular Hbond substituents is 4. The number of phenols is 4. The molecule has 5 N–H and O–H groups in total. The van der Waals surface area contributed by atoms with Crippen LogP contribution in [0.5, 0.6) is 34.5 Å². The molecular formula is C16H12O11S. The van der Waals surface area contributed by atoms with Gasteiger partial charge in [-0.05, 0) is 18.2 Å². The van der Waals surface area contributed by atoms with Crippen molar-refractivity contribution in [2.75, 3.05) is 7.11 Å². The Morgan fingerprint density at radius 2 is 1.64 bits per heavy atom. The fraction of sp³-hybridized carbons (Fsp3) is 0.0625. The average Bonchev–Trinajstić information content (AvgIpc) is 2.58. The van der Waals surface area contributed by atoms with Crippen LogP contribution in [0.2, 0.25) is 0 Å². The number of benzene rings is 2. The van der Waals surface area contributed by atoms with Gasteiger partial charge in [-0.25, -0.2) is 0 Å². The lowest BCUT2D eigenvalue weighted by Crippen LogP contribution is -2.15. The Balaban J connectivity index is 2.47. The second kappa shape index (κ2) is 6.51. The van der Waals surface area contributed by atoms with Crippen LogP contribution in [0.1, 0.15) is 0 Å². The molecule has 0 saturated heterocycles. The van der Waals surface area contributed by atoms with Gasteiger partial charge in [0.2, 0.25) is 16.9 Å². The van der Waals surface area contributed by atoms with Gasteiger partial charge in [-0.1, -0.05) is 0 Å². The van der Waals surface area contributed by atoms with Crippen molar-refractivity contribution in [2.24, 2.45) is 0 Å². The lowest BCUT2D eigenvalue weighted by atomic mass is 10.1. The second-order valence-corrected chi connectivity index (χ2v) is 6.48. The third-order valence-corrected chi connectivity index (χ3v) is 4.06. The van der Waals surface area contributed by atoms with Gasteiger partial charge in [0.15, 0.2) is 28.8 Å². The summed E-state index contributed by atoms with van der Waals surface area (Å²) in [6.07, 6.45) is 0. The molecule has 0 saturated carbocycles. The molecule has 28 heavy (non-hydrogen) atoms. The standard InChI is InChI=1S/C16H12O11S/c1-25-15-9(19)5-10-11(12(15)20)13(21)16(27-28(22,23)24)14(26-10)6-2-3-7(17)8(18)4-6/h2-5,17-20H,1H3,(H,22,23,24). The predicted octanol–water partition coefficient (Wildman–Crippen LogP) is 1.47. The van der Waals surface area contributed by atoms with E-state index >= 15 is 0 Å². The molecule has 0 aliphatic carbocycles. The number of ether oxygens (including phenoxy) is 1. The van der Waals surface area contributed by atoms with Gasteiger partial charge in [-0.15, -0.1) is 0 Å². The largest absolute Gasteiger partial charge is 0.504 e. The molecule has 148 valence electrons. The normalized spacial score (nSPS) is 11.5. The molecular weight excluding hydrogens is 400 g/mol. The van der Waals surface area contributed by atoms with Crippen LogP contribution in [-0.2, 0) is 10.4 Å². The van der Waals surface area contributed by atoms with Gasteiger partial charge in [-0.2, -0.15) is 8.42 Å². The first-order chi connectivity index (χ1) is 13.0. The van der Waals surface area contributed by atoms with Crippen LogP contribution in [0.25, 0.3) is 22.3 Å². The van der Waals surface area contributed by atoms with Gasteiger partial charge in [0, 0.05) is 11.6 Å². The number of hydrogen-bond acceptors (Lipinski definition) is 10. The molecule has 0 bridgehead atoms. The van der Waals surface area contributed by atoms with Crippen LogP contribution in [-0.4, -0.2) is 40.5 Å². The minimum absolute atomic E-state index is 0.122. The highest BCUT2D eigenvalue weighted by atomic mass is 32.3. The maximum absolute atomic E-state index is 12.8. The fourth-order valence-electron chi connectivity index (χ4n) is 2.52. The Morgan fingerprint density at radius 3 is 2.21 bits per heavy atom. The van der Waals surface area contributed by atoms with Gasteiger partial charge >= 0.3 is 10.4 Å². The molecule has 3 rings (SSSR count). The summed E-state index contributed by atoms with van der Waals surface area (Å²) in [4.78, 5) is 12.8. The summed E-state index contributed by atoms with van der Waals surface area (Å²) in [6, 6.07) is 4.03. The number of rotatable bonds is 4. The maximum atomic E-state index is 12.8. The Hall–Kier alpha value is -3.64. The Labute approximate surface area is 156 Å². The van der Waals surface area contributed by atoms with Crippen LogP contribution in [0.3, 0.4) is 0 Å². The third-order valence-electron chi connectivity index (χ3n) is 3.68. The van der Waals surface area contributed by atoms with Gasteiger partial charge in [0.25, 0.3) is 0 Å². The quantitative estimate of drug-likeness (QED) is 0.309. The van der Waals surface area contributed by atoms with Crippen molar-refractivity contribution in [3.05, 3.63) is 34.5 Å². The highest BCUT2D eigenvalue weighted by Gasteiger charge is 2.27. The van der Waals surface area contributed by atoms with Crippen molar-refractivity contribution < 1.29 is 46.7 Å². The van der Waals surface area contributed by atoms with E-state index in [4.69, 9.17) is 13.7 Å². The minimum Gasteiger partial charge on any atom is -0.504 e. The second-order valence-electron chi connectivity index (χ2n) is 5.45. The molecule has 12 heteroatoms. The molecule has 0 aliphatic heterocycles. The summed E-state index contributed by atoms with van der Waals surface area (Å²) in [7, 11) is -4.09. The van der Waals surface area contributed by atoms with E-state index < -0.39 is 61.5 Å². The molecule has 0 amide bonds. The molecule has 0 radical (unpaired) electrons. The molecule has 1 heterocycles. The van der Waals surface area contributed by atoms with Gasteiger partial charge < -0.3 is 33.8 Å². The van der Waals surface area contributed by atoms with Crippen LogP contribution in [0, 0.1) is 0 Å². The smallest absolute Gasteiger partial charge is 0.446 e.